The first-order valence-corrected chi connectivity index (χ1v) is 7.01. The molecule has 1 N–H and O–H groups in total. The fraction of sp³-hybridized carbons (Fsp3) is 0.533. The van der Waals surface area contributed by atoms with E-state index >= 15 is 0 Å². The molecule has 0 spiro atoms. The minimum absolute atomic E-state index is 0.0419. The van der Waals surface area contributed by atoms with E-state index in [1.807, 2.05) is 19.1 Å². The minimum Gasteiger partial charge on any atom is -0.481 e. The van der Waals surface area contributed by atoms with Crippen molar-refractivity contribution in [3.05, 3.63) is 30.1 Å². The summed E-state index contributed by atoms with van der Waals surface area (Å²) in [6.07, 6.45) is 5.93. The topological polar surface area (TPSA) is 70.5 Å². The molecule has 108 valence electrons. The summed E-state index contributed by atoms with van der Waals surface area (Å²) in [4.78, 5) is 29.1. The van der Waals surface area contributed by atoms with Crippen molar-refractivity contribution in [2.24, 2.45) is 5.92 Å². The van der Waals surface area contributed by atoms with E-state index in [1.54, 1.807) is 17.3 Å². The first-order chi connectivity index (χ1) is 9.59. The summed E-state index contributed by atoms with van der Waals surface area (Å²) in [7, 11) is 0. The number of aromatic nitrogens is 1. The Hall–Kier alpha value is -1.91. The lowest BCUT2D eigenvalue weighted by atomic mass is 9.90. The van der Waals surface area contributed by atoms with E-state index in [-0.39, 0.29) is 11.9 Å². The second-order valence-electron chi connectivity index (χ2n) is 5.27. The average molecular weight is 276 g/mol. The molecule has 2 rings (SSSR count). The summed E-state index contributed by atoms with van der Waals surface area (Å²) >= 11 is 0. The van der Waals surface area contributed by atoms with Crippen molar-refractivity contribution < 1.29 is 14.7 Å². The van der Waals surface area contributed by atoms with Crippen LogP contribution in [0.5, 0.6) is 0 Å². The molecule has 1 aliphatic heterocycles. The number of piperidine rings is 1. The molecule has 1 aromatic rings. The van der Waals surface area contributed by atoms with Gasteiger partial charge in [-0.25, -0.2) is 0 Å². The van der Waals surface area contributed by atoms with Crippen LogP contribution in [0.3, 0.4) is 0 Å². The van der Waals surface area contributed by atoms with Crippen LogP contribution in [0.2, 0.25) is 0 Å². The molecule has 1 fully saturated rings. The zero-order valence-corrected chi connectivity index (χ0v) is 11.7. The fourth-order valence-electron chi connectivity index (χ4n) is 2.77. The molecule has 1 amide bonds. The van der Waals surface area contributed by atoms with E-state index in [4.69, 9.17) is 0 Å². The number of carbonyl (C=O) groups is 2. The normalized spacial score (nSPS) is 22.6. The molecule has 1 aromatic heterocycles. The Bertz CT molecular complexity index is 475. The van der Waals surface area contributed by atoms with Crippen LogP contribution < -0.4 is 0 Å². The van der Waals surface area contributed by atoms with Crippen LogP contribution in [-0.4, -0.2) is 39.5 Å². The van der Waals surface area contributed by atoms with Gasteiger partial charge in [-0.2, -0.15) is 0 Å². The number of carboxylic acids is 1. The van der Waals surface area contributed by atoms with Crippen LogP contribution in [0.1, 0.15) is 31.7 Å². The number of aliphatic carboxylic acids is 1. The summed E-state index contributed by atoms with van der Waals surface area (Å²) in [5, 5.41) is 9.17. The maximum absolute atomic E-state index is 12.3. The third-order valence-corrected chi connectivity index (χ3v) is 4.00. The van der Waals surface area contributed by atoms with Crippen molar-refractivity contribution in [3.63, 3.8) is 0 Å². The first kappa shape index (κ1) is 14.5. The third kappa shape index (κ3) is 3.35. The number of hydrogen-bond donors (Lipinski definition) is 1. The Morgan fingerprint density at radius 2 is 2.10 bits per heavy atom. The average Bonchev–Trinajstić information content (AvgIpc) is 2.46. The number of carbonyl (C=O) groups excluding carboxylic acids is 1. The quantitative estimate of drug-likeness (QED) is 0.909. The molecule has 2 heterocycles. The zero-order chi connectivity index (χ0) is 14.5. The van der Waals surface area contributed by atoms with Gasteiger partial charge in [0.1, 0.15) is 0 Å². The van der Waals surface area contributed by atoms with Gasteiger partial charge in [0.25, 0.3) is 0 Å². The molecule has 2 atom stereocenters. The van der Waals surface area contributed by atoms with Crippen LogP contribution in [0.25, 0.3) is 0 Å². The van der Waals surface area contributed by atoms with Crippen LogP contribution in [0.15, 0.2) is 24.5 Å². The predicted molar refractivity (Wildman–Crippen MR) is 74.1 cm³/mol. The molecule has 0 radical (unpaired) electrons. The van der Waals surface area contributed by atoms with Crippen LogP contribution >= 0.6 is 0 Å². The Labute approximate surface area is 118 Å². The Balaban J connectivity index is 1.93. The van der Waals surface area contributed by atoms with E-state index in [2.05, 4.69) is 4.98 Å². The highest BCUT2D eigenvalue weighted by atomic mass is 16.4. The van der Waals surface area contributed by atoms with Gasteiger partial charge in [-0.15, -0.1) is 0 Å². The molecule has 5 nitrogen and oxygen atoms in total. The Morgan fingerprint density at radius 3 is 2.75 bits per heavy atom. The van der Waals surface area contributed by atoms with Gasteiger partial charge in [-0.3, -0.25) is 14.6 Å². The molecule has 0 unspecified atom stereocenters. The number of hydrogen-bond acceptors (Lipinski definition) is 3. The van der Waals surface area contributed by atoms with E-state index in [0.29, 0.717) is 25.8 Å². The van der Waals surface area contributed by atoms with Gasteiger partial charge in [-0.05, 0) is 43.9 Å². The largest absolute Gasteiger partial charge is 0.481 e. The van der Waals surface area contributed by atoms with E-state index in [0.717, 1.165) is 12.0 Å². The number of nitrogens with zero attached hydrogens (tertiary/aromatic N) is 2. The molecule has 20 heavy (non-hydrogen) atoms. The van der Waals surface area contributed by atoms with Gasteiger partial charge in [0, 0.05) is 31.4 Å². The third-order valence-electron chi connectivity index (χ3n) is 4.00. The summed E-state index contributed by atoms with van der Waals surface area (Å²) < 4.78 is 0. The van der Waals surface area contributed by atoms with Gasteiger partial charge < -0.3 is 10.0 Å². The van der Waals surface area contributed by atoms with Crippen molar-refractivity contribution >= 4 is 11.9 Å². The smallest absolute Gasteiger partial charge is 0.308 e. The predicted octanol–water partition coefficient (Wildman–Crippen LogP) is 1.73. The van der Waals surface area contributed by atoms with Gasteiger partial charge in [0.2, 0.25) is 5.91 Å². The summed E-state index contributed by atoms with van der Waals surface area (Å²) in [6, 6.07) is 3.58. The Morgan fingerprint density at radius 1 is 1.40 bits per heavy atom. The lowest BCUT2D eigenvalue weighted by Gasteiger charge is -2.37. The fourth-order valence-corrected chi connectivity index (χ4v) is 2.77. The van der Waals surface area contributed by atoms with E-state index in [9.17, 15) is 14.7 Å². The molecular formula is C15H20N2O3. The molecule has 0 aromatic carbocycles. The van der Waals surface area contributed by atoms with Crippen molar-refractivity contribution in [1.29, 1.82) is 0 Å². The number of aryl methyl sites for hydroxylation is 1. The van der Waals surface area contributed by atoms with Gasteiger partial charge in [0.15, 0.2) is 0 Å². The molecule has 0 bridgehead atoms. The summed E-state index contributed by atoms with van der Waals surface area (Å²) in [5.74, 6) is -1.20. The lowest BCUT2D eigenvalue weighted by Crippen LogP contribution is -2.49. The van der Waals surface area contributed by atoms with Crippen molar-refractivity contribution in [2.45, 2.75) is 38.6 Å². The first-order valence-electron chi connectivity index (χ1n) is 7.01. The second kappa shape index (κ2) is 6.50. The number of rotatable bonds is 4. The molecule has 1 saturated heterocycles. The van der Waals surface area contributed by atoms with Crippen LogP contribution in [0, 0.1) is 5.92 Å². The highest BCUT2D eigenvalue weighted by molar-refractivity contribution is 5.79. The molecular weight excluding hydrogens is 256 g/mol. The van der Waals surface area contributed by atoms with Crippen molar-refractivity contribution in [2.75, 3.05) is 6.54 Å². The van der Waals surface area contributed by atoms with Crippen LogP contribution in [-0.2, 0) is 16.0 Å². The van der Waals surface area contributed by atoms with Gasteiger partial charge in [-0.1, -0.05) is 0 Å². The molecule has 0 aliphatic carbocycles. The van der Waals surface area contributed by atoms with Crippen LogP contribution in [0.4, 0.5) is 0 Å². The highest BCUT2D eigenvalue weighted by Gasteiger charge is 2.34. The molecule has 1 aliphatic rings. The SMILES string of the molecule is C[C@@H]1[C@H](C(=O)O)CCCN1C(=O)CCc1ccncc1. The zero-order valence-electron chi connectivity index (χ0n) is 11.7. The Kier molecular flexibility index (Phi) is 4.71. The monoisotopic (exact) mass is 276 g/mol. The van der Waals surface area contributed by atoms with Gasteiger partial charge >= 0.3 is 5.97 Å². The summed E-state index contributed by atoms with van der Waals surface area (Å²) in [5.41, 5.74) is 1.08. The standard InChI is InChI=1S/C15H20N2O3/c1-11-13(15(19)20)3-2-10-17(11)14(18)5-4-12-6-8-16-9-7-12/h6-9,11,13H,2-5,10H2,1H3,(H,19,20)/t11-,13-/m1/s1. The van der Waals surface area contributed by atoms with Crippen molar-refractivity contribution in [3.8, 4) is 0 Å². The maximum atomic E-state index is 12.3. The molecule has 5 heteroatoms. The summed E-state index contributed by atoms with van der Waals surface area (Å²) in [6.45, 7) is 2.50. The lowest BCUT2D eigenvalue weighted by molar-refractivity contribution is -0.149. The van der Waals surface area contributed by atoms with E-state index in [1.165, 1.54) is 0 Å². The minimum atomic E-state index is -0.802. The second-order valence-corrected chi connectivity index (χ2v) is 5.27. The number of pyridine rings is 1. The van der Waals surface area contributed by atoms with E-state index < -0.39 is 11.9 Å². The number of amides is 1. The maximum Gasteiger partial charge on any atom is 0.308 e. The number of likely N-dealkylation sites (tertiary alicyclic amines) is 1. The van der Waals surface area contributed by atoms with Crippen molar-refractivity contribution in [1.82, 2.24) is 9.88 Å². The van der Waals surface area contributed by atoms with Gasteiger partial charge in [0.05, 0.1) is 5.92 Å². The number of carboxylic acid groups (broad SMARTS) is 1. The highest BCUT2D eigenvalue weighted by Crippen LogP contribution is 2.24. The molecule has 0 saturated carbocycles.